The van der Waals surface area contributed by atoms with Crippen molar-refractivity contribution in [1.82, 2.24) is 25.1 Å². The van der Waals surface area contributed by atoms with Crippen LogP contribution in [0.1, 0.15) is 58.2 Å². The molecule has 1 atom stereocenters. The first kappa shape index (κ1) is 26.8. The van der Waals surface area contributed by atoms with E-state index in [1.54, 1.807) is 17.1 Å². The molecule has 1 spiro atoms. The minimum atomic E-state index is -3.54. The van der Waals surface area contributed by atoms with Gasteiger partial charge in [0, 0.05) is 50.4 Å². The fraction of sp³-hybridized carbons (Fsp3) is 0.433. The number of fused-ring (bicyclic) bond motifs is 3. The Morgan fingerprint density at radius 1 is 1.21 bits per heavy atom. The average Bonchev–Trinajstić information content (AvgIpc) is 3.62. The Balaban J connectivity index is 1.16. The summed E-state index contributed by atoms with van der Waals surface area (Å²) in [5, 5.41) is 10.7. The van der Waals surface area contributed by atoms with Crippen LogP contribution in [0.5, 0.6) is 0 Å². The number of nitrogens with one attached hydrogen (secondary N) is 2. The molecule has 0 bridgehead atoms. The summed E-state index contributed by atoms with van der Waals surface area (Å²) in [6, 6.07) is 8.18. The van der Waals surface area contributed by atoms with Crippen LogP contribution in [0.25, 0.3) is 0 Å². The Bertz CT molecular complexity index is 1730. The van der Waals surface area contributed by atoms with Gasteiger partial charge in [0.2, 0.25) is 5.91 Å². The molecule has 2 N–H and O–H groups in total. The maximum absolute atomic E-state index is 13.8. The first-order valence-corrected chi connectivity index (χ1v) is 16.4. The van der Waals surface area contributed by atoms with Crippen molar-refractivity contribution in [3.8, 4) is 0 Å². The number of sulfone groups is 1. The summed E-state index contributed by atoms with van der Waals surface area (Å²) in [6.07, 6.45) is 8.81. The van der Waals surface area contributed by atoms with Crippen molar-refractivity contribution in [3.05, 3.63) is 77.0 Å². The maximum atomic E-state index is 13.8. The lowest BCUT2D eigenvalue weighted by molar-refractivity contribution is -0.113. The molecule has 218 valence electrons. The van der Waals surface area contributed by atoms with Gasteiger partial charge in [-0.15, -0.1) is 0 Å². The minimum Gasteiger partial charge on any atom is -0.370 e. The molecule has 1 saturated heterocycles. The van der Waals surface area contributed by atoms with Gasteiger partial charge in [0.05, 0.1) is 17.2 Å². The minimum absolute atomic E-state index is 0.264. The van der Waals surface area contributed by atoms with Gasteiger partial charge in [0.25, 0.3) is 5.91 Å². The Labute approximate surface area is 244 Å². The third-order valence-electron chi connectivity index (χ3n) is 8.86. The van der Waals surface area contributed by atoms with Crippen LogP contribution < -0.4 is 15.5 Å². The SMILES string of the molecule is C=C1Cc2cc(N3CC(c4ncccn4)C3)ccc2[C@]12Cc1nn(CCC3CC3)c(NC(=O)CS(C)(=O)=O)c1C(=O)N2. The van der Waals surface area contributed by atoms with Crippen LogP contribution in [-0.4, -0.2) is 65.1 Å². The van der Waals surface area contributed by atoms with Gasteiger partial charge < -0.3 is 15.5 Å². The summed E-state index contributed by atoms with van der Waals surface area (Å²) < 4.78 is 25.2. The standard InChI is InChI=1S/C30H33N7O4S/c1-18-12-20-13-22(36-15-21(16-36)27-31-9-3-10-32-27)6-7-23(20)30(18)14-24-26(29(39)34-30)28(33-25(38)17-42(2,40)41)37(35-24)11-8-19-4-5-19/h3,6-7,9-10,13,19,21H,1,4-5,8,11-12,14-17H2,2H3,(H,33,38)(H,34,39)/t30-/m0/s1. The van der Waals surface area contributed by atoms with Crippen molar-refractivity contribution in [2.75, 3.05) is 35.3 Å². The van der Waals surface area contributed by atoms with E-state index in [1.807, 2.05) is 6.07 Å². The predicted octanol–water partition coefficient (Wildman–Crippen LogP) is 2.35. The second-order valence-electron chi connectivity index (χ2n) is 12.1. The summed E-state index contributed by atoms with van der Waals surface area (Å²) in [5.41, 5.74) is 4.22. The quantitative estimate of drug-likeness (QED) is 0.383. The van der Waals surface area contributed by atoms with Crippen LogP contribution in [0.15, 0.2) is 48.8 Å². The Morgan fingerprint density at radius 3 is 2.69 bits per heavy atom. The van der Waals surface area contributed by atoms with Crippen LogP contribution in [-0.2, 0) is 39.6 Å². The molecule has 2 aliphatic carbocycles. The molecule has 1 aromatic carbocycles. The topological polar surface area (TPSA) is 139 Å². The molecule has 2 amide bonds. The fourth-order valence-electron chi connectivity index (χ4n) is 6.49. The predicted molar refractivity (Wildman–Crippen MR) is 157 cm³/mol. The number of anilines is 2. The Kier molecular flexibility index (Phi) is 6.23. The molecule has 1 saturated carbocycles. The molecule has 42 heavy (non-hydrogen) atoms. The molecule has 2 aromatic heterocycles. The fourth-order valence-corrected chi connectivity index (χ4v) is 7.04. The number of carbonyl (C=O) groups excluding carboxylic acids is 2. The number of hydrogen-bond acceptors (Lipinski definition) is 8. The monoisotopic (exact) mass is 587 g/mol. The van der Waals surface area contributed by atoms with Gasteiger partial charge in [-0.2, -0.15) is 5.10 Å². The molecular formula is C30H33N7O4S. The van der Waals surface area contributed by atoms with Crippen LogP contribution in [0.2, 0.25) is 0 Å². The average molecular weight is 588 g/mol. The summed E-state index contributed by atoms with van der Waals surface area (Å²) in [6.45, 7) is 6.62. The number of aryl methyl sites for hydroxylation is 1. The van der Waals surface area contributed by atoms with E-state index in [0.29, 0.717) is 42.5 Å². The summed E-state index contributed by atoms with van der Waals surface area (Å²) in [7, 11) is -3.54. The zero-order valence-corrected chi connectivity index (χ0v) is 24.3. The first-order chi connectivity index (χ1) is 20.1. The number of nitrogens with zero attached hydrogens (tertiary/aromatic N) is 5. The van der Waals surface area contributed by atoms with E-state index in [-0.39, 0.29) is 11.7 Å². The maximum Gasteiger partial charge on any atom is 0.257 e. The molecule has 12 heteroatoms. The lowest BCUT2D eigenvalue weighted by atomic mass is 9.80. The molecule has 2 fully saturated rings. The summed E-state index contributed by atoms with van der Waals surface area (Å²) in [4.78, 5) is 37.5. The highest BCUT2D eigenvalue weighted by atomic mass is 32.2. The molecule has 0 unspecified atom stereocenters. The summed E-state index contributed by atoms with van der Waals surface area (Å²) in [5.74, 6) is 0.352. The number of benzene rings is 1. The highest BCUT2D eigenvalue weighted by Crippen LogP contribution is 2.47. The summed E-state index contributed by atoms with van der Waals surface area (Å²) >= 11 is 0. The molecule has 4 aliphatic rings. The number of carbonyl (C=O) groups is 2. The molecule has 0 radical (unpaired) electrons. The Hall–Kier alpha value is -4.06. The lowest BCUT2D eigenvalue weighted by Crippen LogP contribution is -2.51. The number of hydrogen-bond donors (Lipinski definition) is 2. The zero-order chi connectivity index (χ0) is 29.2. The third-order valence-corrected chi connectivity index (χ3v) is 9.65. The lowest BCUT2D eigenvalue weighted by Gasteiger charge is -2.40. The van der Waals surface area contributed by atoms with Crippen LogP contribution in [0.4, 0.5) is 11.5 Å². The van der Waals surface area contributed by atoms with E-state index in [4.69, 9.17) is 5.10 Å². The van der Waals surface area contributed by atoms with E-state index in [2.05, 4.69) is 50.3 Å². The molecule has 11 nitrogen and oxygen atoms in total. The third kappa shape index (κ3) is 4.77. The van der Waals surface area contributed by atoms with Gasteiger partial charge in [-0.1, -0.05) is 25.5 Å². The molecule has 7 rings (SSSR count). The van der Waals surface area contributed by atoms with Crippen molar-refractivity contribution in [2.45, 2.75) is 50.1 Å². The highest BCUT2D eigenvalue weighted by molar-refractivity contribution is 7.91. The van der Waals surface area contributed by atoms with Gasteiger partial charge in [-0.25, -0.2) is 23.1 Å². The van der Waals surface area contributed by atoms with Crippen molar-refractivity contribution >= 4 is 33.2 Å². The van der Waals surface area contributed by atoms with E-state index in [0.717, 1.165) is 66.8 Å². The zero-order valence-electron chi connectivity index (χ0n) is 23.5. The van der Waals surface area contributed by atoms with Crippen LogP contribution in [0, 0.1) is 5.92 Å². The number of amides is 2. The molecule has 2 aliphatic heterocycles. The van der Waals surface area contributed by atoms with Gasteiger partial charge in [0.15, 0.2) is 9.84 Å². The second kappa shape index (κ2) is 9.75. The largest absolute Gasteiger partial charge is 0.370 e. The van der Waals surface area contributed by atoms with Crippen molar-refractivity contribution in [1.29, 1.82) is 0 Å². The van der Waals surface area contributed by atoms with Crippen molar-refractivity contribution < 1.29 is 18.0 Å². The van der Waals surface area contributed by atoms with Gasteiger partial charge in [-0.3, -0.25) is 9.59 Å². The number of rotatable bonds is 8. The van der Waals surface area contributed by atoms with Gasteiger partial charge in [0.1, 0.15) is 23.0 Å². The first-order valence-electron chi connectivity index (χ1n) is 14.3. The van der Waals surface area contributed by atoms with Gasteiger partial charge in [-0.05, 0) is 53.7 Å². The van der Waals surface area contributed by atoms with E-state index < -0.39 is 27.0 Å². The van der Waals surface area contributed by atoms with E-state index >= 15 is 0 Å². The normalized spacial score (nSPS) is 21.6. The highest BCUT2D eigenvalue weighted by Gasteiger charge is 2.49. The smallest absolute Gasteiger partial charge is 0.257 e. The van der Waals surface area contributed by atoms with Crippen molar-refractivity contribution in [3.63, 3.8) is 0 Å². The van der Waals surface area contributed by atoms with Crippen molar-refractivity contribution in [2.24, 2.45) is 5.92 Å². The van der Waals surface area contributed by atoms with Crippen LogP contribution >= 0.6 is 0 Å². The van der Waals surface area contributed by atoms with Gasteiger partial charge >= 0.3 is 0 Å². The second-order valence-corrected chi connectivity index (χ2v) is 14.3. The van der Waals surface area contributed by atoms with E-state index in [9.17, 15) is 18.0 Å². The molecular weight excluding hydrogens is 554 g/mol. The Morgan fingerprint density at radius 2 is 1.98 bits per heavy atom. The van der Waals surface area contributed by atoms with Crippen LogP contribution in [0.3, 0.4) is 0 Å². The number of aromatic nitrogens is 4. The van der Waals surface area contributed by atoms with E-state index in [1.165, 1.54) is 0 Å². The molecule has 3 aromatic rings. The molecule has 4 heterocycles.